The van der Waals surface area contributed by atoms with Crippen LogP contribution in [0.2, 0.25) is 10.0 Å². The van der Waals surface area contributed by atoms with Crippen LogP contribution in [-0.2, 0) is 0 Å². The van der Waals surface area contributed by atoms with Crippen LogP contribution in [0.25, 0.3) is 0 Å². The first-order valence-electron chi connectivity index (χ1n) is 5.26. The van der Waals surface area contributed by atoms with E-state index in [9.17, 15) is 0 Å². The Bertz CT molecular complexity index is 563. The van der Waals surface area contributed by atoms with Gasteiger partial charge in [-0.3, -0.25) is 0 Å². The third-order valence-electron chi connectivity index (χ3n) is 2.56. The largest absolute Gasteiger partial charge is 0.495 e. The number of alkyl halides is 1. The summed E-state index contributed by atoms with van der Waals surface area (Å²) in [5.41, 5.74) is 0.693. The lowest BCUT2D eigenvalue weighted by atomic mass is 10.1. The lowest BCUT2D eigenvalue weighted by molar-refractivity contribution is 0.415. The molecule has 0 saturated carbocycles. The normalized spacial score (nSPS) is 12.5. The molecule has 0 aliphatic rings. The van der Waals surface area contributed by atoms with Gasteiger partial charge >= 0.3 is 0 Å². The van der Waals surface area contributed by atoms with Crippen molar-refractivity contribution in [2.24, 2.45) is 0 Å². The molecule has 1 heterocycles. The second kappa shape index (κ2) is 5.43. The highest BCUT2D eigenvalue weighted by atomic mass is 35.5. The molecule has 1 unspecified atom stereocenters. The minimum Gasteiger partial charge on any atom is -0.495 e. The van der Waals surface area contributed by atoms with Crippen molar-refractivity contribution < 1.29 is 9.15 Å². The molecular weight excluding hydrogens is 294 g/mol. The maximum Gasteiger partial charge on any atom is 0.138 e. The molecule has 5 heteroatoms. The molecule has 2 aromatic rings. The van der Waals surface area contributed by atoms with Gasteiger partial charge in [-0.05, 0) is 30.7 Å². The van der Waals surface area contributed by atoms with Crippen LogP contribution in [0.3, 0.4) is 0 Å². The number of ether oxygens (including phenoxy) is 1. The molecule has 2 rings (SSSR count). The van der Waals surface area contributed by atoms with E-state index in [0.717, 1.165) is 5.76 Å². The van der Waals surface area contributed by atoms with Crippen molar-refractivity contribution in [3.05, 3.63) is 51.4 Å². The van der Waals surface area contributed by atoms with E-state index >= 15 is 0 Å². The lowest BCUT2D eigenvalue weighted by Gasteiger charge is -2.12. The molecule has 0 aliphatic heterocycles. The number of halogens is 3. The van der Waals surface area contributed by atoms with Crippen molar-refractivity contribution in [2.45, 2.75) is 12.3 Å². The van der Waals surface area contributed by atoms with Gasteiger partial charge in [0.05, 0.1) is 12.1 Å². The fourth-order valence-corrected chi connectivity index (χ4v) is 2.50. The van der Waals surface area contributed by atoms with Gasteiger partial charge in [-0.25, -0.2) is 0 Å². The van der Waals surface area contributed by atoms with Gasteiger partial charge in [0.1, 0.15) is 22.6 Å². The van der Waals surface area contributed by atoms with Crippen LogP contribution < -0.4 is 4.74 Å². The van der Waals surface area contributed by atoms with Crippen LogP contribution in [0.4, 0.5) is 0 Å². The van der Waals surface area contributed by atoms with Gasteiger partial charge in [0, 0.05) is 11.1 Å². The second-order valence-corrected chi connectivity index (χ2v) is 5.07. The van der Waals surface area contributed by atoms with E-state index in [2.05, 4.69) is 0 Å². The molecule has 0 amide bonds. The summed E-state index contributed by atoms with van der Waals surface area (Å²) >= 11 is 18.6. The van der Waals surface area contributed by atoms with Gasteiger partial charge in [-0.2, -0.15) is 0 Å². The van der Waals surface area contributed by atoms with Crippen molar-refractivity contribution in [3.63, 3.8) is 0 Å². The van der Waals surface area contributed by atoms with E-state index in [4.69, 9.17) is 44.0 Å². The number of benzene rings is 1. The van der Waals surface area contributed by atoms with Crippen LogP contribution in [0.1, 0.15) is 22.5 Å². The van der Waals surface area contributed by atoms with Crippen molar-refractivity contribution in [2.75, 3.05) is 7.11 Å². The molecule has 2 nitrogen and oxygen atoms in total. The highest BCUT2D eigenvalue weighted by Crippen LogP contribution is 2.39. The van der Waals surface area contributed by atoms with Crippen molar-refractivity contribution in [1.29, 1.82) is 0 Å². The molecule has 0 spiro atoms. The van der Waals surface area contributed by atoms with E-state index in [0.29, 0.717) is 27.1 Å². The fraction of sp³-hybridized carbons (Fsp3) is 0.231. The Morgan fingerprint density at radius 1 is 1.17 bits per heavy atom. The van der Waals surface area contributed by atoms with E-state index in [1.54, 1.807) is 12.1 Å². The topological polar surface area (TPSA) is 22.4 Å². The lowest BCUT2D eigenvalue weighted by Crippen LogP contribution is -1.94. The van der Waals surface area contributed by atoms with E-state index < -0.39 is 5.38 Å². The van der Waals surface area contributed by atoms with Gasteiger partial charge < -0.3 is 9.15 Å². The van der Waals surface area contributed by atoms with Crippen LogP contribution in [0.5, 0.6) is 5.75 Å². The summed E-state index contributed by atoms with van der Waals surface area (Å²) in [7, 11) is 1.53. The van der Waals surface area contributed by atoms with Gasteiger partial charge in [-0.15, -0.1) is 11.6 Å². The molecule has 0 bridgehead atoms. The molecule has 1 aromatic heterocycles. The Morgan fingerprint density at radius 2 is 1.89 bits per heavy atom. The average Bonchev–Trinajstić information content (AvgIpc) is 2.77. The van der Waals surface area contributed by atoms with Crippen molar-refractivity contribution >= 4 is 34.8 Å². The molecule has 0 radical (unpaired) electrons. The Hall–Kier alpha value is -0.830. The third kappa shape index (κ3) is 2.61. The number of aryl methyl sites for hydroxylation is 1. The quantitative estimate of drug-likeness (QED) is 0.724. The third-order valence-corrected chi connectivity index (χ3v) is 3.63. The summed E-state index contributed by atoms with van der Waals surface area (Å²) in [6.45, 7) is 1.86. The summed E-state index contributed by atoms with van der Waals surface area (Å²) in [4.78, 5) is 0. The first-order valence-corrected chi connectivity index (χ1v) is 6.45. The zero-order valence-corrected chi connectivity index (χ0v) is 12.1. The molecular formula is C13H11Cl3O2. The van der Waals surface area contributed by atoms with Crippen LogP contribution in [0, 0.1) is 6.92 Å². The molecule has 0 saturated heterocycles. The van der Waals surface area contributed by atoms with E-state index in [1.807, 2.05) is 19.1 Å². The molecule has 0 fully saturated rings. The van der Waals surface area contributed by atoms with Gasteiger partial charge in [0.25, 0.3) is 0 Å². The van der Waals surface area contributed by atoms with E-state index in [1.165, 1.54) is 7.11 Å². The Labute approximate surface area is 120 Å². The zero-order valence-electron chi connectivity index (χ0n) is 9.84. The fourth-order valence-electron chi connectivity index (χ4n) is 1.64. The summed E-state index contributed by atoms with van der Waals surface area (Å²) in [6, 6.07) is 7.01. The molecule has 0 aliphatic carbocycles. The zero-order chi connectivity index (χ0) is 13.3. The SMILES string of the molecule is COc1cc(Cl)c(C(Cl)c2ccc(C)o2)cc1Cl. The van der Waals surface area contributed by atoms with Gasteiger partial charge in [-0.1, -0.05) is 23.2 Å². The Balaban J connectivity index is 2.42. The smallest absolute Gasteiger partial charge is 0.138 e. The number of hydrogen-bond acceptors (Lipinski definition) is 2. The highest BCUT2D eigenvalue weighted by molar-refractivity contribution is 6.36. The monoisotopic (exact) mass is 304 g/mol. The highest BCUT2D eigenvalue weighted by Gasteiger charge is 2.19. The summed E-state index contributed by atoms with van der Waals surface area (Å²) in [5, 5.41) is 0.478. The average molecular weight is 306 g/mol. The molecule has 18 heavy (non-hydrogen) atoms. The number of furan rings is 1. The van der Waals surface area contributed by atoms with Crippen LogP contribution in [0.15, 0.2) is 28.7 Å². The standard InChI is InChI=1S/C13H11Cl3O2/c1-7-3-4-11(18-7)13(16)8-5-10(15)12(17-2)6-9(8)14/h3-6,13H,1-2H3. The summed E-state index contributed by atoms with van der Waals surface area (Å²) < 4.78 is 10.6. The maximum atomic E-state index is 6.34. The Kier molecular flexibility index (Phi) is 4.10. The predicted molar refractivity (Wildman–Crippen MR) is 74.2 cm³/mol. The van der Waals surface area contributed by atoms with Gasteiger partial charge in [0.2, 0.25) is 0 Å². The number of hydrogen-bond donors (Lipinski definition) is 0. The van der Waals surface area contributed by atoms with Gasteiger partial charge in [0.15, 0.2) is 0 Å². The molecule has 96 valence electrons. The maximum absolute atomic E-state index is 6.34. The Morgan fingerprint density at radius 3 is 2.44 bits per heavy atom. The second-order valence-electron chi connectivity index (χ2n) is 3.82. The number of rotatable bonds is 3. The molecule has 1 atom stereocenters. The summed E-state index contributed by atoms with van der Waals surface area (Å²) in [6.07, 6.45) is 0. The predicted octanol–water partition coefficient (Wildman–Crippen LogP) is 5.23. The van der Waals surface area contributed by atoms with Crippen molar-refractivity contribution in [1.82, 2.24) is 0 Å². The minimum absolute atomic E-state index is 0.464. The first-order chi connectivity index (χ1) is 8.52. The van der Waals surface area contributed by atoms with E-state index in [-0.39, 0.29) is 0 Å². The molecule has 0 N–H and O–H groups in total. The minimum atomic E-state index is -0.477. The summed E-state index contributed by atoms with van der Waals surface area (Å²) in [5.74, 6) is 1.95. The van der Waals surface area contributed by atoms with Crippen LogP contribution >= 0.6 is 34.8 Å². The first kappa shape index (κ1) is 13.6. The number of methoxy groups -OCH3 is 1. The molecule has 1 aromatic carbocycles. The van der Waals surface area contributed by atoms with Crippen LogP contribution in [-0.4, -0.2) is 7.11 Å². The van der Waals surface area contributed by atoms with Crippen molar-refractivity contribution in [3.8, 4) is 5.75 Å².